The number of hydrogen-bond donors (Lipinski definition) is 1. The number of rotatable bonds is 8. The fourth-order valence-corrected chi connectivity index (χ4v) is 2.47. The van der Waals surface area contributed by atoms with Gasteiger partial charge in [0, 0.05) is 23.9 Å². The zero-order chi connectivity index (χ0) is 19.9. The summed E-state index contributed by atoms with van der Waals surface area (Å²) in [6.07, 6.45) is 1.63. The molecule has 2 aromatic heterocycles. The zero-order valence-electron chi connectivity index (χ0n) is 15.9. The molecule has 3 rings (SSSR count). The molecule has 8 nitrogen and oxygen atoms in total. The Morgan fingerprint density at radius 1 is 1.11 bits per heavy atom. The number of hydrogen-bond acceptors (Lipinski definition) is 7. The molecule has 2 heterocycles. The summed E-state index contributed by atoms with van der Waals surface area (Å²) in [5, 5.41) is 6.58. The minimum absolute atomic E-state index is 0.148. The minimum Gasteiger partial charge on any atom is -0.497 e. The second kappa shape index (κ2) is 8.90. The van der Waals surface area contributed by atoms with E-state index in [0.29, 0.717) is 23.0 Å². The minimum atomic E-state index is -0.364. The van der Waals surface area contributed by atoms with E-state index in [1.54, 1.807) is 44.7 Å². The molecule has 0 atom stereocenters. The Bertz CT molecular complexity index is 937. The lowest BCUT2D eigenvalue weighted by atomic mass is 10.2. The second-order valence-electron chi connectivity index (χ2n) is 5.96. The van der Waals surface area contributed by atoms with Crippen molar-refractivity contribution in [3.63, 3.8) is 0 Å². The average Bonchev–Trinajstić information content (AvgIpc) is 3.20. The van der Waals surface area contributed by atoms with Gasteiger partial charge in [-0.15, -0.1) is 0 Å². The van der Waals surface area contributed by atoms with Gasteiger partial charge in [-0.2, -0.15) is 0 Å². The molecule has 0 fully saturated rings. The molecule has 0 saturated carbocycles. The van der Waals surface area contributed by atoms with E-state index >= 15 is 0 Å². The number of nitrogens with zero attached hydrogens (tertiary/aromatic N) is 2. The van der Waals surface area contributed by atoms with Crippen molar-refractivity contribution >= 4 is 5.91 Å². The standard InChI is InChI=1S/C20H21N3O5/c1-13-4-5-16(11-21-13)27-12-17-9-18(23-28-17)20(24)22-10-14-8-15(25-2)6-7-19(14)26-3/h4-9,11H,10,12H2,1-3H3,(H,22,24). The molecule has 0 bridgehead atoms. The van der Waals surface area contributed by atoms with Crippen LogP contribution in [0.5, 0.6) is 17.2 Å². The van der Waals surface area contributed by atoms with E-state index in [1.165, 1.54) is 0 Å². The largest absolute Gasteiger partial charge is 0.497 e. The van der Waals surface area contributed by atoms with Gasteiger partial charge in [0.15, 0.2) is 11.5 Å². The molecular weight excluding hydrogens is 362 g/mol. The van der Waals surface area contributed by atoms with Crippen LogP contribution in [0.15, 0.2) is 47.1 Å². The fraction of sp³-hybridized carbons (Fsp3) is 0.250. The molecule has 8 heteroatoms. The van der Waals surface area contributed by atoms with Gasteiger partial charge in [-0.3, -0.25) is 9.78 Å². The molecule has 1 aromatic carbocycles. The summed E-state index contributed by atoms with van der Waals surface area (Å²) in [5.74, 6) is 2.01. The number of ether oxygens (including phenoxy) is 3. The quantitative estimate of drug-likeness (QED) is 0.639. The fourth-order valence-electron chi connectivity index (χ4n) is 2.47. The van der Waals surface area contributed by atoms with Crippen molar-refractivity contribution in [2.24, 2.45) is 0 Å². The highest BCUT2D eigenvalue weighted by atomic mass is 16.5. The smallest absolute Gasteiger partial charge is 0.273 e. The van der Waals surface area contributed by atoms with Crippen LogP contribution in [0.25, 0.3) is 0 Å². The van der Waals surface area contributed by atoms with E-state index in [1.807, 2.05) is 19.1 Å². The van der Waals surface area contributed by atoms with Crippen molar-refractivity contribution in [1.82, 2.24) is 15.5 Å². The molecule has 0 aliphatic carbocycles. The van der Waals surface area contributed by atoms with Gasteiger partial charge in [0.2, 0.25) is 0 Å². The maximum atomic E-state index is 12.3. The van der Waals surface area contributed by atoms with Crippen molar-refractivity contribution < 1.29 is 23.5 Å². The molecule has 3 aromatic rings. The third kappa shape index (κ3) is 4.79. The van der Waals surface area contributed by atoms with Gasteiger partial charge in [-0.05, 0) is 37.3 Å². The van der Waals surface area contributed by atoms with Gasteiger partial charge >= 0.3 is 0 Å². The van der Waals surface area contributed by atoms with Gasteiger partial charge < -0.3 is 24.1 Å². The van der Waals surface area contributed by atoms with Crippen LogP contribution in [-0.2, 0) is 13.2 Å². The van der Waals surface area contributed by atoms with Crippen molar-refractivity contribution in [2.45, 2.75) is 20.1 Å². The SMILES string of the molecule is COc1ccc(OC)c(CNC(=O)c2cc(COc3ccc(C)nc3)on2)c1. The van der Waals surface area contributed by atoms with Crippen LogP contribution in [0.1, 0.15) is 27.5 Å². The highest BCUT2D eigenvalue weighted by Gasteiger charge is 2.14. The Hall–Kier alpha value is -3.55. The van der Waals surface area contributed by atoms with E-state index in [9.17, 15) is 4.79 Å². The van der Waals surface area contributed by atoms with Gasteiger partial charge in [-0.25, -0.2) is 0 Å². The monoisotopic (exact) mass is 383 g/mol. The molecule has 0 saturated heterocycles. The number of benzene rings is 1. The summed E-state index contributed by atoms with van der Waals surface area (Å²) in [7, 11) is 3.15. The summed E-state index contributed by atoms with van der Waals surface area (Å²) in [6.45, 7) is 2.30. The summed E-state index contributed by atoms with van der Waals surface area (Å²) in [6, 6.07) is 10.6. The molecule has 1 amide bonds. The van der Waals surface area contributed by atoms with E-state index in [2.05, 4.69) is 15.5 Å². The molecule has 0 unspecified atom stereocenters. The molecular formula is C20H21N3O5. The highest BCUT2D eigenvalue weighted by Crippen LogP contribution is 2.23. The lowest BCUT2D eigenvalue weighted by Crippen LogP contribution is -2.23. The summed E-state index contributed by atoms with van der Waals surface area (Å²) in [5.41, 5.74) is 1.86. The maximum Gasteiger partial charge on any atom is 0.273 e. The molecule has 0 aliphatic heterocycles. The maximum absolute atomic E-state index is 12.3. The van der Waals surface area contributed by atoms with Gasteiger partial charge in [-0.1, -0.05) is 5.16 Å². The topological polar surface area (TPSA) is 95.7 Å². The normalized spacial score (nSPS) is 10.4. The Labute approximate surface area is 162 Å². The van der Waals surface area contributed by atoms with Crippen molar-refractivity contribution in [2.75, 3.05) is 14.2 Å². The van der Waals surface area contributed by atoms with Crippen molar-refractivity contribution in [3.8, 4) is 17.2 Å². The molecule has 0 radical (unpaired) electrons. The van der Waals surface area contributed by atoms with E-state index in [0.717, 1.165) is 11.3 Å². The van der Waals surface area contributed by atoms with E-state index in [-0.39, 0.29) is 24.8 Å². The molecule has 0 aliphatic rings. The van der Waals surface area contributed by atoms with Gasteiger partial charge in [0.1, 0.15) is 23.9 Å². The Balaban J connectivity index is 1.57. The van der Waals surface area contributed by atoms with Crippen LogP contribution in [-0.4, -0.2) is 30.3 Å². The lowest BCUT2D eigenvalue weighted by molar-refractivity contribution is 0.0941. The number of pyridine rings is 1. The van der Waals surface area contributed by atoms with Crippen LogP contribution < -0.4 is 19.5 Å². The molecule has 28 heavy (non-hydrogen) atoms. The van der Waals surface area contributed by atoms with Crippen LogP contribution >= 0.6 is 0 Å². The predicted octanol–water partition coefficient (Wildman–Crippen LogP) is 2.90. The first-order valence-electron chi connectivity index (χ1n) is 8.59. The third-order valence-corrected chi connectivity index (χ3v) is 3.98. The number of methoxy groups -OCH3 is 2. The van der Waals surface area contributed by atoms with E-state index in [4.69, 9.17) is 18.7 Å². The average molecular weight is 383 g/mol. The summed E-state index contributed by atoms with van der Waals surface area (Å²) in [4.78, 5) is 16.5. The zero-order valence-corrected chi connectivity index (χ0v) is 15.9. The van der Waals surface area contributed by atoms with Gasteiger partial charge in [0.25, 0.3) is 5.91 Å². The number of nitrogens with one attached hydrogen (secondary N) is 1. The Morgan fingerprint density at radius 2 is 1.93 bits per heavy atom. The molecule has 1 N–H and O–H groups in total. The Kier molecular flexibility index (Phi) is 6.11. The van der Waals surface area contributed by atoms with Crippen LogP contribution in [0.3, 0.4) is 0 Å². The van der Waals surface area contributed by atoms with Crippen molar-refractivity contribution in [3.05, 3.63) is 65.3 Å². The van der Waals surface area contributed by atoms with Crippen molar-refractivity contribution in [1.29, 1.82) is 0 Å². The predicted molar refractivity (Wildman–Crippen MR) is 101 cm³/mol. The highest BCUT2D eigenvalue weighted by molar-refractivity contribution is 5.92. The van der Waals surface area contributed by atoms with Crippen LogP contribution in [0, 0.1) is 6.92 Å². The first-order valence-corrected chi connectivity index (χ1v) is 8.59. The number of amides is 1. The molecule has 146 valence electrons. The summed E-state index contributed by atoms with van der Waals surface area (Å²) >= 11 is 0. The third-order valence-electron chi connectivity index (χ3n) is 3.98. The number of carbonyl (C=O) groups is 1. The van der Waals surface area contributed by atoms with Crippen LogP contribution in [0.4, 0.5) is 0 Å². The number of aromatic nitrogens is 2. The number of carbonyl (C=O) groups excluding carboxylic acids is 1. The Morgan fingerprint density at radius 3 is 2.64 bits per heavy atom. The molecule has 0 spiro atoms. The first-order chi connectivity index (χ1) is 13.6. The van der Waals surface area contributed by atoms with Crippen LogP contribution in [0.2, 0.25) is 0 Å². The second-order valence-corrected chi connectivity index (χ2v) is 5.96. The lowest BCUT2D eigenvalue weighted by Gasteiger charge is -2.10. The van der Waals surface area contributed by atoms with E-state index < -0.39 is 0 Å². The van der Waals surface area contributed by atoms with Gasteiger partial charge in [0.05, 0.1) is 20.4 Å². The number of aryl methyl sites for hydroxylation is 1. The summed E-state index contributed by atoms with van der Waals surface area (Å²) < 4.78 is 21.2. The first kappa shape index (κ1) is 19.2.